The number of hydrogen-bond acceptors (Lipinski definition) is 2. The normalized spacial score (nSPS) is 14.7. The van der Waals surface area contributed by atoms with Gasteiger partial charge in [0, 0.05) is 25.2 Å². The summed E-state index contributed by atoms with van der Waals surface area (Å²) >= 11 is 0. The summed E-state index contributed by atoms with van der Waals surface area (Å²) in [5.41, 5.74) is 7.33. The van der Waals surface area contributed by atoms with E-state index in [0.29, 0.717) is 12.6 Å². The molecule has 1 aromatic carbocycles. The highest BCUT2D eigenvalue weighted by Crippen LogP contribution is 2.24. The van der Waals surface area contributed by atoms with E-state index in [2.05, 4.69) is 0 Å². The Labute approximate surface area is 108 Å². The van der Waals surface area contributed by atoms with Crippen molar-refractivity contribution in [1.82, 2.24) is 4.90 Å². The molecule has 2 N–H and O–H groups in total. The van der Waals surface area contributed by atoms with Gasteiger partial charge in [-0.1, -0.05) is 12.1 Å². The van der Waals surface area contributed by atoms with Gasteiger partial charge in [0.25, 0.3) is 5.91 Å². The van der Waals surface area contributed by atoms with E-state index in [1.54, 1.807) is 0 Å². The van der Waals surface area contributed by atoms with E-state index in [4.69, 9.17) is 5.73 Å². The zero-order chi connectivity index (χ0) is 11.5. The Bertz CT molecular complexity index is 374. The molecule has 0 spiro atoms. The highest BCUT2D eigenvalue weighted by Gasteiger charge is 2.26. The van der Waals surface area contributed by atoms with Gasteiger partial charge in [0.1, 0.15) is 0 Å². The second-order valence-corrected chi connectivity index (χ2v) is 4.40. The quantitative estimate of drug-likeness (QED) is 0.899. The summed E-state index contributed by atoms with van der Waals surface area (Å²) in [6.07, 6.45) is 3.53. The van der Waals surface area contributed by atoms with E-state index >= 15 is 0 Å². The fraction of sp³-hybridized carbons (Fsp3) is 0.462. The predicted octanol–water partition coefficient (Wildman–Crippen LogP) is 2.19. The molecule has 94 valence electrons. The van der Waals surface area contributed by atoms with Crippen LogP contribution >= 0.6 is 12.4 Å². The van der Waals surface area contributed by atoms with Gasteiger partial charge >= 0.3 is 0 Å². The summed E-state index contributed by atoms with van der Waals surface area (Å²) in [6, 6.07) is 8.00. The van der Waals surface area contributed by atoms with Crippen molar-refractivity contribution in [3.63, 3.8) is 0 Å². The van der Waals surface area contributed by atoms with Crippen LogP contribution in [0.5, 0.6) is 0 Å². The molecule has 1 fully saturated rings. The monoisotopic (exact) mass is 254 g/mol. The molecule has 0 heterocycles. The van der Waals surface area contributed by atoms with E-state index in [0.717, 1.165) is 24.0 Å². The molecule has 0 radical (unpaired) electrons. The average Bonchev–Trinajstić information content (AvgIpc) is 2.26. The maximum absolute atomic E-state index is 12.1. The maximum Gasteiger partial charge on any atom is 0.253 e. The van der Waals surface area contributed by atoms with Gasteiger partial charge in [-0.3, -0.25) is 4.79 Å². The molecule has 0 aromatic heterocycles. The minimum atomic E-state index is 0. The molecule has 3 nitrogen and oxygen atoms in total. The van der Waals surface area contributed by atoms with Crippen molar-refractivity contribution in [1.29, 1.82) is 0 Å². The Hall–Kier alpha value is -1.06. The number of halogens is 1. The van der Waals surface area contributed by atoms with Crippen molar-refractivity contribution < 1.29 is 4.79 Å². The van der Waals surface area contributed by atoms with Crippen LogP contribution in [0.3, 0.4) is 0 Å². The molecule has 0 aliphatic heterocycles. The summed E-state index contributed by atoms with van der Waals surface area (Å²) in [6.45, 7) is 0.521. The lowest BCUT2D eigenvalue weighted by molar-refractivity contribution is 0.0652. The molecule has 4 heteroatoms. The summed E-state index contributed by atoms with van der Waals surface area (Å²) in [4.78, 5) is 13.9. The molecule has 2 rings (SSSR count). The van der Waals surface area contributed by atoms with Gasteiger partial charge in [0.05, 0.1) is 0 Å². The average molecular weight is 255 g/mol. The van der Waals surface area contributed by atoms with Crippen LogP contribution < -0.4 is 5.73 Å². The smallest absolute Gasteiger partial charge is 0.253 e. The SMILES string of the molecule is CN(C(=O)c1ccc(CN)cc1)C1CCC1.Cl. The van der Waals surface area contributed by atoms with Gasteiger partial charge in [-0.15, -0.1) is 12.4 Å². The minimum Gasteiger partial charge on any atom is -0.339 e. The molecule has 0 bridgehead atoms. The molecule has 1 aliphatic carbocycles. The van der Waals surface area contributed by atoms with Crippen LogP contribution in [-0.4, -0.2) is 23.9 Å². The third kappa shape index (κ3) is 2.99. The first-order chi connectivity index (χ1) is 7.72. The van der Waals surface area contributed by atoms with Crippen LogP contribution in [0, 0.1) is 0 Å². The topological polar surface area (TPSA) is 46.3 Å². The second kappa shape index (κ2) is 6.03. The number of rotatable bonds is 3. The number of carbonyl (C=O) groups excluding carboxylic acids is 1. The van der Waals surface area contributed by atoms with Crippen molar-refractivity contribution in [3.05, 3.63) is 35.4 Å². The lowest BCUT2D eigenvalue weighted by atomic mass is 9.91. The summed E-state index contributed by atoms with van der Waals surface area (Å²) in [5.74, 6) is 0.119. The fourth-order valence-electron chi connectivity index (χ4n) is 1.93. The lowest BCUT2D eigenvalue weighted by Crippen LogP contribution is -2.41. The van der Waals surface area contributed by atoms with Crippen LogP contribution in [0.2, 0.25) is 0 Å². The molecular weight excluding hydrogens is 236 g/mol. The highest BCUT2D eigenvalue weighted by molar-refractivity contribution is 5.94. The van der Waals surface area contributed by atoms with E-state index < -0.39 is 0 Å². The Morgan fingerprint density at radius 2 is 1.94 bits per heavy atom. The summed E-state index contributed by atoms with van der Waals surface area (Å²) in [7, 11) is 1.89. The largest absolute Gasteiger partial charge is 0.339 e. The number of nitrogens with zero attached hydrogens (tertiary/aromatic N) is 1. The maximum atomic E-state index is 12.1. The fourth-order valence-corrected chi connectivity index (χ4v) is 1.93. The first kappa shape index (κ1) is 14.0. The number of nitrogens with two attached hydrogens (primary N) is 1. The lowest BCUT2D eigenvalue weighted by Gasteiger charge is -2.34. The van der Waals surface area contributed by atoms with Crippen molar-refractivity contribution in [2.75, 3.05) is 7.05 Å². The second-order valence-electron chi connectivity index (χ2n) is 4.40. The first-order valence-electron chi connectivity index (χ1n) is 5.78. The summed E-state index contributed by atoms with van der Waals surface area (Å²) in [5, 5.41) is 0. The standard InChI is InChI=1S/C13H18N2O.ClH/c1-15(12-3-2-4-12)13(16)11-7-5-10(9-14)6-8-11;/h5-8,12H,2-4,9,14H2,1H3;1H. The number of amides is 1. The van der Waals surface area contributed by atoms with Crippen molar-refractivity contribution in [2.24, 2.45) is 5.73 Å². The number of carbonyl (C=O) groups is 1. The third-order valence-electron chi connectivity index (χ3n) is 3.38. The molecule has 0 saturated heterocycles. The van der Waals surface area contributed by atoms with E-state index in [-0.39, 0.29) is 18.3 Å². The van der Waals surface area contributed by atoms with Crippen LogP contribution in [-0.2, 0) is 6.54 Å². The molecule has 0 atom stereocenters. The van der Waals surface area contributed by atoms with Crippen LogP contribution in [0.25, 0.3) is 0 Å². The Kier molecular flexibility index (Phi) is 4.97. The first-order valence-corrected chi connectivity index (χ1v) is 5.78. The zero-order valence-electron chi connectivity index (χ0n) is 10.1. The summed E-state index contributed by atoms with van der Waals surface area (Å²) < 4.78 is 0. The van der Waals surface area contributed by atoms with E-state index in [1.807, 2.05) is 36.2 Å². The van der Waals surface area contributed by atoms with Gasteiger partial charge in [0.15, 0.2) is 0 Å². The number of benzene rings is 1. The van der Waals surface area contributed by atoms with Crippen molar-refractivity contribution >= 4 is 18.3 Å². The Morgan fingerprint density at radius 1 is 1.35 bits per heavy atom. The molecule has 17 heavy (non-hydrogen) atoms. The van der Waals surface area contributed by atoms with Gasteiger partial charge in [-0.05, 0) is 37.0 Å². The van der Waals surface area contributed by atoms with E-state index in [1.165, 1.54) is 6.42 Å². The molecule has 1 amide bonds. The third-order valence-corrected chi connectivity index (χ3v) is 3.38. The molecule has 1 aromatic rings. The van der Waals surface area contributed by atoms with Gasteiger partial charge in [0.2, 0.25) is 0 Å². The molecule has 1 aliphatic rings. The highest BCUT2D eigenvalue weighted by atomic mass is 35.5. The minimum absolute atomic E-state index is 0. The van der Waals surface area contributed by atoms with Crippen LogP contribution in [0.15, 0.2) is 24.3 Å². The van der Waals surface area contributed by atoms with Crippen molar-refractivity contribution in [2.45, 2.75) is 31.8 Å². The van der Waals surface area contributed by atoms with Crippen molar-refractivity contribution in [3.8, 4) is 0 Å². The molecule has 1 saturated carbocycles. The zero-order valence-corrected chi connectivity index (χ0v) is 10.9. The molecular formula is C13H19ClN2O. The molecule has 0 unspecified atom stereocenters. The number of hydrogen-bond donors (Lipinski definition) is 1. The van der Waals surface area contributed by atoms with Crippen LogP contribution in [0.4, 0.5) is 0 Å². The predicted molar refractivity (Wildman–Crippen MR) is 71.3 cm³/mol. The van der Waals surface area contributed by atoms with E-state index in [9.17, 15) is 4.79 Å². The Morgan fingerprint density at radius 3 is 2.35 bits per heavy atom. The van der Waals surface area contributed by atoms with Gasteiger partial charge in [-0.2, -0.15) is 0 Å². The van der Waals surface area contributed by atoms with Gasteiger partial charge in [-0.25, -0.2) is 0 Å². The Balaban J connectivity index is 0.00000144. The van der Waals surface area contributed by atoms with Gasteiger partial charge < -0.3 is 10.6 Å². The van der Waals surface area contributed by atoms with Crippen LogP contribution in [0.1, 0.15) is 35.2 Å².